The highest BCUT2D eigenvalue weighted by atomic mass is 79.9. The lowest BCUT2D eigenvalue weighted by molar-refractivity contribution is 0.229. The maximum absolute atomic E-state index is 6.25. The Bertz CT molecular complexity index is 1150. The van der Waals surface area contributed by atoms with Gasteiger partial charge in [0.15, 0.2) is 11.5 Å². The second-order valence-corrected chi connectivity index (χ2v) is 10.2. The number of fused-ring (bicyclic) bond motifs is 1. The van der Waals surface area contributed by atoms with Gasteiger partial charge in [0.2, 0.25) is 0 Å². The van der Waals surface area contributed by atoms with Crippen LogP contribution in [0, 0.1) is 0 Å². The fourth-order valence-electron chi connectivity index (χ4n) is 4.55. The summed E-state index contributed by atoms with van der Waals surface area (Å²) in [5.74, 6) is 2.12. The van der Waals surface area contributed by atoms with Crippen LogP contribution in [0.3, 0.4) is 0 Å². The summed E-state index contributed by atoms with van der Waals surface area (Å²) >= 11 is 3.57. The maximum atomic E-state index is 6.25. The van der Waals surface area contributed by atoms with E-state index < -0.39 is 0 Å². The molecule has 0 spiro atoms. The summed E-state index contributed by atoms with van der Waals surface area (Å²) in [4.78, 5) is 11.5. The molecule has 0 aliphatic carbocycles. The molecule has 1 aromatic heterocycles. The number of aryl methyl sites for hydroxylation is 1. The molecule has 10 heteroatoms. The zero-order valence-electron chi connectivity index (χ0n) is 22.5. The molecule has 1 aliphatic rings. The summed E-state index contributed by atoms with van der Waals surface area (Å²) in [6.07, 6.45) is 3.41. The summed E-state index contributed by atoms with van der Waals surface area (Å²) < 4.78 is 13.0. The molecule has 1 aliphatic heterocycles. The van der Waals surface area contributed by atoms with Gasteiger partial charge in [0, 0.05) is 80.5 Å². The molecule has 0 saturated carbocycles. The number of aromatic nitrogens is 2. The molecule has 1 saturated heterocycles. The Hall–Kier alpha value is -2.50. The molecule has 0 bridgehead atoms. The fourth-order valence-corrected chi connectivity index (χ4v) is 4.96. The van der Waals surface area contributed by atoms with E-state index >= 15 is 0 Å². The van der Waals surface area contributed by atoms with Gasteiger partial charge in [0.25, 0.3) is 0 Å². The molecule has 1 fully saturated rings. The molecule has 9 nitrogen and oxygen atoms in total. The number of benzene rings is 2. The van der Waals surface area contributed by atoms with Crippen molar-refractivity contribution in [3.63, 3.8) is 0 Å². The van der Waals surface area contributed by atoms with E-state index in [9.17, 15) is 0 Å². The fraction of sp³-hybridized carbons (Fsp3) is 0.500. The minimum Gasteiger partial charge on any atom is -0.493 e. The summed E-state index contributed by atoms with van der Waals surface area (Å²) in [5.41, 5.74) is 3.04. The number of halogens is 1. The van der Waals surface area contributed by atoms with Gasteiger partial charge in [-0.05, 0) is 42.7 Å². The molecule has 2 aromatic carbocycles. The van der Waals surface area contributed by atoms with Crippen LogP contribution in [0.15, 0.2) is 41.1 Å². The Morgan fingerprint density at radius 1 is 0.947 bits per heavy atom. The molecule has 0 radical (unpaired) electrons. The first-order valence-corrected chi connectivity index (χ1v) is 14.3. The average Bonchev–Trinajstić information content (AvgIpc) is 2.93. The Labute approximate surface area is 234 Å². The van der Waals surface area contributed by atoms with Gasteiger partial charge in [-0.2, -0.15) is 0 Å². The van der Waals surface area contributed by atoms with Crippen molar-refractivity contribution in [1.82, 2.24) is 30.8 Å². The number of anilines is 2. The minimum atomic E-state index is 0.603. The monoisotopic (exact) mass is 585 g/mol. The zero-order chi connectivity index (χ0) is 26.6. The number of methoxy groups -OCH3 is 1. The summed E-state index contributed by atoms with van der Waals surface area (Å²) in [6.45, 7) is 11.8. The summed E-state index contributed by atoms with van der Waals surface area (Å²) in [7, 11) is 1.66. The number of hydrogen-bond donors (Lipinski definition) is 4. The first kappa shape index (κ1) is 28.5. The Morgan fingerprint density at radius 2 is 1.68 bits per heavy atom. The van der Waals surface area contributed by atoms with Crippen LogP contribution >= 0.6 is 15.9 Å². The third-order valence-corrected chi connectivity index (χ3v) is 7.16. The van der Waals surface area contributed by atoms with Gasteiger partial charge in [-0.1, -0.05) is 22.9 Å². The molecule has 0 unspecified atom stereocenters. The predicted molar refractivity (Wildman–Crippen MR) is 158 cm³/mol. The van der Waals surface area contributed by atoms with Crippen LogP contribution in [0.5, 0.6) is 11.5 Å². The summed E-state index contributed by atoms with van der Waals surface area (Å²) in [5, 5.41) is 14.9. The summed E-state index contributed by atoms with van der Waals surface area (Å²) in [6, 6.07) is 10.1. The molecule has 0 atom stereocenters. The molecule has 0 amide bonds. The van der Waals surface area contributed by atoms with E-state index in [1.165, 1.54) is 5.56 Å². The van der Waals surface area contributed by atoms with E-state index in [1.807, 2.05) is 18.2 Å². The molecular formula is C28H40BrN7O2. The van der Waals surface area contributed by atoms with Crippen molar-refractivity contribution < 1.29 is 9.47 Å². The maximum Gasteiger partial charge on any atom is 0.162 e. The molecule has 3 aromatic rings. The number of hydrogen-bond acceptors (Lipinski definition) is 9. The van der Waals surface area contributed by atoms with Gasteiger partial charge in [-0.25, -0.2) is 9.97 Å². The number of nitrogens with zero attached hydrogens (tertiary/aromatic N) is 3. The molecule has 4 rings (SSSR count). The zero-order valence-corrected chi connectivity index (χ0v) is 24.1. The SMILES string of the molecule is CCc1cc(Br)ccc1Nc1ncnc2cc(OC)c(OCCCN3CCNCCNCCNCC3)cc12. The Balaban J connectivity index is 1.41. The van der Waals surface area contributed by atoms with Crippen LogP contribution in [-0.2, 0) is 6.42 Å². The van der Waals surface area contributed by atoms with Crippen molar-refractivity contribution >= 4 is 38.3 Å². The largest absolute Gasteiger partial charge is 0.493 e. The van der Waals surface area contributed by atoms with E-state index in [4.69, 9.17) is 9.47 Å². The lowest BCUT2D eigenvalue weighted by Gasteiger charge is -2.23. The Morgan fingerprint density at radius 3 is 2.39 bits per heavy atom. The third-order valence-electron chi connectivity index (χ3n) is 6.66. The highest BCUT2D eigenvalue weighted by molar-refractivity contribution is 9.10. The topological polar surface area (TPSA) is 95.6 Å². The highest BCUT2D eigenvalue weighted by Gasteiger charge is 2.14. The first-order chi connectivity index (χ1) is 18.7. The van der Waals surface area contributed by atoms with E-state index in [1.54, 1.807) is 13.4 Å². The van der Waals surface area contributed by atoms with Gasteiger partial charge in [-0.15, -0.1) is 0 Å². The molecule has 2 heterocycles. The van der Waals surface area contributed by atoms with Crippen molar-refractivity contribution in [3.8, 4) is 11.5 Å². The van der Waals surface area contributed by atoms with Crippen LogP contribution in [-0.4, -0.2) is 87.5 Å². The van der Waals surface area contributed by atoms with Crippen molar-refractivity contribution in [2.75, 3.05) is 77.9 Å². The third kappa shape index (κ3) is 8.25. The van der Waals surface area contributed by atoms with Crippen LogP contribution in [0.2, 0.25) is 0 Å². The number of nitrogens with one attached hydrogen (secondary N) is 4. The van der Waals surface area contributed by atoms with Gasteiger partial charge >= 0.3 is 0 Å². The van der Waals surface area contributed by atoms with Crippen LogP contribution in [0.1, 0.15) is 18.9 Å². The number of rotatable bonds is 9. The molecular weight excluding hydrogens is 546 g/mol. The van der Waals surface area contributed by atoms with Gasteiger partial charge < -0.3 is 35.6 Å². The smallest absolute Gasteiger partial charge is 0.162 e. The van der Waals surface area contributed by atoms with Crippen molar-refractivity contribution in [1.29, 1.82) is 0 Å². The van der Waals surface area contributed by atoms with Crippen LogP contribution in [0.25, 0.3) is 10.9 Å². The van der Waals surface area contributed by atoms with Crippen molar-refractivity contribution in [2.45, 2.75) is 19.8 Å². The van der Waals surface area contributed by atoms with E-state index in [2.05, 4.69) is 71.1 Å². The van der Waals surface area contributed by atoms with Gasteiger partial charge in [-0.3, -0.25) is 0 Å². The van der Waals surface area contributed by atoms with Crippen LogP contribution in [0.4, 0.5) is 11.5 Å². The number of ether oxygens (including phenoxy) is 2. The second-order valence-electron chi connectivity index (χ2n) is 9.32. The minimum absolute atomic E-state index is 0.603. The highest BCUT2D eigenvalue weighted by Crippen LogP contribution is 2.35. The van der Waals surface area contributed by atoms with E-state index in [0.29, 0.717) is 18.1 Å². The Kier molecular flexibility index (Phi) is 11.4. The average molecular weight is 587 g/mol. The van der Waals surface area contributed by atoms with Crippen molar-refractivity contribution in [3.05, 3.63) is 46.7 Å². The lowest BCUT2D eigenvalue weighted by Crippen LogP contribution is -2.42. The van der Waals surface area contributed by atoms with E-state index in [-0.39, 0.29) is 0 Å². The standard InChI is InChI=1S/C28H40BrN7O2/c1-3-21-17-22(29)5-6-24(21)35-28-23-18-27(26(37-2)19-25(23)33-20-34-28)38-16-4-13-36-14-11-31-9-7-30-8-10-32-12-15-36/h5-6,17-20,30-32H,3-4,7-16H2,1-2H3,(H,33,34,35). The normalized spacial score (nSPS) is 16.0. The van der Waals surface area contributed by atoms with E-state index in [0.717, 1.165) is 98.6 Å². The van der Waals surface area contributed by atoms with Gasteiger partial charge in [0.1, 0.15) is 12.1 Å². The van der Waals surface area contributed by atoms with Crippen LogP contribution < -0.4 is 30.7 Å². The quantitative estimate of drug-likeness (QED) is 0.281. The van der Waals surface area contributed by atoms with Gasteiger partial charge in [0.05, 0.1) is 19.2 Å². The molecule has 4 N–H and O–H groups in total. The molecule has 38 heavy (non-hydrogen) atoms. The first-order valence-electron chi connectivity index (χ1n) is 13.5. The predicted octanol–water partition coefficient (Wildman–Crippen LogP) is 3.56. The lowest BCUT2D eigenvalue weighted by atomic mass is 10.1. The molecule has 206 valence electrons. The van der Waals surface area contributed by atoms with Crippen molar-refractivity contribution in [2.24, 2.45) is 0 Å². The second kappa shape index (κ2) is 15.2.